The van der Waals surface area contributed by atoms with Crippen LogP contribution in [0.3, 0.4) is 0 Å². The topological polar surface area (TPSA) is 95.4 Å². The van der Waals surface area contributed by atoms with Crippen LogP contribution in [0.15, 0.2) is 418 Å². The minimum absolute atomic E-state index is 0. The first-order valence-electron chi connectivity index (χ1n) is 44.9. The molecule has 12 heteroatoms. The van der Waals surface area contributed by atoms with Crippen LogP contribution in [0.4, 0.5) is 0 Å². The SMILES string of the molecule is CC1(C)c2c[c-]c(-c3ccccn3)cc2-c2cc3c(cc21)oc1ccccc13.CC1(C)c2c[c-]c(-c3ccccn3)cc2-c2cc3c4ccccc4n(-c4cccc(-c5ccccc5)c4)c3cc21.Cc1ccnc(-c2[c-]cc3c(c2)-c2cc4c(cc2C3(C)C)sc2ccccc24)c1.[Ir].[Ir].[Ir].[c-]1ccccc1-c1ccccn1.[c-]1ccccc1-c1ccccn1.[c-]1ccccc1-c1ccccn1. The van der Waals surface area contributed by atoms with E-state index in [1.54, 1.807) is 18.6 Å². The largest absolute Gasteiger partial charge is 0.456 e. The van der Waals surface area contributed by atoms with E-state index in [9.17, 15) is 0 Å². The number of aryl methyl sites for hydroxylation is 1. The Morgan fingerprint density at radius 1 is 0.257 bits per heavy atom. The Labute approximate surface area is 838 Å². The molecule has 0 atom stereocenters. The number of thiophene rings is 1. The Balaban J connectivity index is 0.000000115. The molecule has 3 aliphatic carbocycles. The number of hydrogen-bond acceptors (Lipinski definition) is 8. The molecule has 23 aromatic rings. The van der Waals surface area contributed by atoms with Crippen LogP contribution in [0.2, 0.25) is 0 Å². The third-order valence-electron chi connectivity index (χ3n) is 25.8. The summed E-state index contributed by atoms with van der Waals surface area (Å²) < 4.78 is 11.3. The maximum absolute atomic E-state index is 6.15. The quantitative estimate of drug-likeness (QED) is 0.140. The van der Waals surface area contributed by atoms with Gasteiger partial charge in [0.1, 0.15) is 11.2 Å². The minimum Gasteiger partial charge on any atom is -0.456 e. The monoisotopic (exact) mass is 2300 g/mol. The van der Waals surface area contributed by atoms with Gasteiger partial charge in [0.05, 0.1) is 11.0 Å². The van der Waals surface area contributed by atoms with Crippen molar-refractivity contribution in [3.8, 4) is 118 Å². The second-order valence-electron chi connectivity index (χ2n) is 35.2. The molecule has 0 unspecified atom stereocenters. The van der Waals surface area contributed by atoms with Crippen molar-refractivity contribution in [2.45, 2.75) is 64.7 Å². The molecule has 0 saturated heterocycles. The maximum atomic E-state index is 6.15. The van der Waals surface area contributed by atoms with Gasteiger partial charge in [-0.15, -0.1) is 207 Å². The summed E-state index contributed by atoms with van der Waals surface area (Å²) >= 11 is 1.89. The van der Waals surface area contributed by atoms with Crippen LogP contribution in [0.25, 0.3) is 182 Å². The molecule has 665 valence electrons. The average Bonchev–Trinajstić information content (AvgIpc) is 1.31. The van der Waals surface area contributed by atoms with Crippen molar-refractivity contribution in [3.05, 3.63) is 489 Å². The first-order chi connectivity index (χ1) is 65.1. The molecule has 9 aromatic heterocycles. The summed E-state index contributed by atoms with van der Waals surface area (Å²) in [7, 11) is 0. The van der Waals surface area contributed by atoms with E-state index in [2.05, 4.69) is 320 Å². The number of rotatable bonds is 8. The summed E-state index contributed by atoms with van der Waals surface area (Å²) in [5.41, 5.74) is 36.8. The summed E-state index contributed by atoms with van der Waals surface area (Å²) in [6.07, 6.45) is 10.9. The van der Waals surface area contributed by atoms with Gasteiger partial charge in [-0.3, -0.25) is 0 Å². The minimum atomic E-state index is -0.134. The molecule has 8 nitrogen and oxygen atoms in total. The van der Waals surface area contributed by atoms with Crippen LogP contribution in [0, 0.1) is 43.3 Å². The molecule has 0 amide bonds. The molecule has 136 heavy (non-hydrogen) atoms. The number of benzene rings is 14. The fraction of sp³-hybridized carbons (Fsp3) is 0.0806. The first-order valence-corrected chi connectivity index (χ1v) is 45.7. The van der Waals surface area contributed by atoms with Gasteiger partial charge in [0.2, 0.25) is 0 Å². The third kappa shape index (κ3) is 18.1. The van der Waals surface area contributed by atoms with Gasteiger partial charge in [0, 0.05) is 145 Å². The molecule has 0 aliphatic heterocycles. The van der Waals surface area contributed by atoms with Crippen LogP contribution in [-0.4, -0.2) is 34.5 Å². The standard InChI is InChI=1S/C38H27N2.C27H20NS.C26H18NO.3C11H8N.3Ir/c1-38(2)33-19-18-27(35-16-8-9-20-39-35)22-30(33)31-23-32-29-15-6-7-17-36(29)40(37(32)24-34(31)38)28-14-10-13-26(21-28)25-11-4-3-5-12-25;1-16-10-11-28-24(12-16)17-8-9-22-19(13-17)20-14-21-18-6-4-5-7-25(18)29-26(21)15-23(20)27(22,2)3;1-26(2)21-11-10-16(23-8-5-6-12-27-23)13-18(21)19-14-20-17-7-3-4-9-24(17)28-25(20)15-22(19)26;3*1-2-6-10(7-3-1)11-8-4-5-9-12-11;;;/h3-17,19-24H,1-2H3;4-7,9-15H,1-3H3;3-9,11-15H,1-2H3;3*1-6,8-9H;;;/q6*-1;;;. The van der Waals surface area contributed by atoms with E-state index in [1.807, 2.05) is 206 Å². The Morgan fingerprint density at radius 2 is 0.662 bits per heavy atom. The number of para-hydroxylation sites is 2. The van der Waals surface area contributed by atoms with Gasteiger partial charge in [-0.2, -0.15) is 0 Å². The van der Waals surface area contributed by atoms with Crippen molar-refractivity contribution in [1.29, 1.82) is 0 Å². The molecular weight excluding hydrogens is 2210 g/mol. The van der Waals surface area contributed by atoms with Gasteiger partial charge in [-0.1, -0.05) is 228 Å². The van der Waals surface area contributed by atoms with Crippen LogP contribution >= 0.6 is 11.3 Å². The van der Waals surface area contributed by atoms with E-state index in [0.29, 0.717) is 0 Å². The molecule has 0 bridgehead atoms. The van der Waals surface area contributed by atoms with Crippen molar-refractivity contribution in [2.75, 3.05) is 0 Å². The molecule has 0 N–H and O–H groups in total. The first kappa shape index (κ1) is 92.2. The Hall–Kier alpha value is -14.3. The van der Waals surface area contributed by atoms with Gasteiger partial charge < -0.3 is 38.9 Å². The predicted octanol–water partition coefficient (Wildman–Crippen LogP) is 31.5. The van der Waals surface area contributed by atoms with Gasteiger partial charge >= 0.3 is 0 Å². The zero-order chi connectivity index (χ0) is 90.2. The molecule has 0 fully saturated rings. The number of pyridine rings is 6. The Morgan fingerprint density at radius 3 is 1.15 bits per heavy atom. The van der Waals surface area contributed by atoms with E-state index < -0.39 is 0 Å². The number of hydrogen-bond donors (Lipinski definition) is 0. The van der Waals surface area contributed by atoms with E-state index >= 15 is 0 Å². The predicted molar refractivity (Wildman–Crippen MR) is 548 cm³/mol. The second kappa shape index (κ2) is 39.7. The van der Waals surface area contributed by atoms with Crippen LogP contribution in [0.1, 0.15) is 80.5 Å². The van der Waals surface area contributed by atoms with Crippen LogP contribution in [-0.2, 0) is 76.6 Å². The zero-order valence-electron chi connectivity index (χ0n) is 75.7. The number of aromatic nitrogens is 7. The third-order valence-corrected chi connectivity index (χ3v) is 27.0. The normalized spacial score (nSPS) is 12.5. The maximum Gasteiger partial charge on any atom is 0.135 e. The second-order valence-corrected chi connectivity index (χ2v) is 36.3. The summed E-state index contributed by atoms with van der Waals surface area (Å²) in [4.78, 5) is 26.3. The fourth-order valence-electron chi connectivity index (χ4n) is 19.0. The molecule has 0 spiro atoms. The smallest absolute Gasteiger partial charge is 0.135 e. The summed E-state index contributed by atoms with van der Waals surface area (Å²) in [5, 5.41) is 7.59. The summed E-state index contributed by atoms with van der Waals surface area (Å²) in [5.74, 6) is 0. The van der Waals surface area contributed by atoms with Crippen molar-refractivity contribution < 1.29 is 64.7 Å². The van der Waals surface area contributed by atoms with E-state index in [1.165, 1.54) is 142 Å². The molecule has 26 rings (SSSR count). The number of nitrogens with zero attached hydrogens (tertiary/aromatic N) is 7. The number of fused-ring (bicyclic) bond motifs is 18. The van der Waals surface area contributed by atoms with Crippen LogP contribution < -0.4 is 0 Å². The van der Waals surface area contributed by atoms with Gasteiger partial charge in [-0.25, -0.2) is 0 Å². The van der Waals surface area contributed by atoms with Crippen molar-refractivity contribution in [3.63, 3.8) is 0 Å². The molecule has 14 aromatic carbocycles. The Bertz CT molecular complexity index is 7910. The van der Waals surface area contributed by atoms with E-state index in [-0.39, 0.29) is 76.6 Å². The van der Waals surface area contributed by atoms with Crippen LogP contribution in [0.5, 0.6) is 0 Å². The number of furan rings is 1. The Kier molecular flexibility index (Phi) is 26.9. The molecule has 3 aliphatic rings. The summed E-state index contributed by atoms with van der Waals surface area (Å²) in [6.45, 7) is 16.0. The summed E-state index contributed by atoms with van der Waals surface area (Å²) in [6, 6.07) is 150. The average molecular weight is 2300 g/mol. The van der Waals surface area contributed by atoms with Crippen molar-refractivity contribution in [1.82, 2.24) is 34.5 Å². The molecule has 9 heterocycles. The van der Waals surface area contributed by atoms with E-state index in [0.717, 1.165) is 78.7 Å². The van der Waals surface area contributed by atoms with Gasteiger partial charge in [-0.05, 0) is 205 Å². The molecule has 0 saturated carbocycles. The van der Waals surface area contributed by atoms with Crippen molar-refractivity contribution in [2.24, 2.45) is 0 Å². The fourth-order valence-corrected chi connectivity index (χ4v) is 20.2. The van der Waals surface area contributed by atoms with Gasteiger partial charge in [0.25, 0.3) is 0 Å². The van der Waals surface area contributed by atoms with Crippen molar-refractivity contribution >= 4 is 75.3 Å². The van der Waals surface area contributed by atoms with Gasteiger partial charge in [0.15, 0.2) is 0 Å². The molecular formula is C124H89Ir3N7OS-6. The van der Waals surface area contributed by atoms with E-state index in [4.69, 9.17) is 4.42 Å². The zero-order valence-corrected chi connectivity index (χ0v) is 83.7. The molecule has 3 radical (unpaired) electrons.